The van der Waals surface area contributed by atoms with Gasteiger partial charge in [-0.3, -0.25) is 95.9 Å². The number of rotatable bonds is 30. The third-order valence-corrected chi connectivity index (χ3v) is 21.9. The number of amides is 2. The highest BCUT2D eigenvalue weighted by Crippen LogP contribution is 2.45. The molecule has 35 unspecified atom stereocenters. The molecule has 1 aromatic rings. The van der Waals surface area contributed by atoms with Crippen LogP contribution in [0.2, 0.25) is 0 Å². The molecule has 0 aliphatic carbocycles. The molecule has 14 bridgehead atoms. The lowest BCUT2D eigenvalue weighted by atomic mass is 9.94. The maximum atomic E-state index is 14.4. The van der Waals surface area contributed by atoms with Gasteiger partial charge in [-0.05, 0) is 5.56 Å². The molecular weight excluding hydrogens is 1990 g/mol. The number of carbonyl (C=O) groups excluding carboxylic acids is 21. The SMILES string of the molecule is CC(=O)OCC1OC2OC3C(COC(C)=O)OC(OC4C(COC(C)=O)OC(OC5C(COC(C)=O)OC(OC6C(COC(C)=O)OC(OC7C(COC(C)=O)OC(OC8C(CNC(=O)NCc9ccccc9)OC(OC1C(OC(C)=O)C2OC(C)=O)C(OC(C)=O)C8OC(C)=O)C(OC(C)=O)C7OC(C)=O)C(OC(C)=O)C6OC(C)=O)C(OC(C)=O)C5OC(C)=O)C(OC(C)=O)C4OC(C)=O)C(OC(C)=O)C3OC(C)=O. The van der Waals surface area contributed by atoms with E-state index in [0.717, 1.165) is 138 Å². The van der Waals surface area contributed by atoms with Gasteiger partial charge in [-0.1, -0.05) is 30.3 Å². The Hall–Kier alpha value is -12.7. The van der Waals surface area contributed by atoms with Crippen LogP contribution in [-0.2, 0) is 263 Å². The fourth-order valence-electron chi connectivity index (χ4n) is 16.8. The minimum atomic E-state index is -2.48. The number of ether oxygens (including phenoxy) is 34. The monoisotopic (exact) mass is 2110 g/mol. The zero-order valence-corrected chi connectivity index (χ0v) is 83.2. The Bertz CT molecular complexity index is 4550. The summed E-state index contributed by atoms with van der Waals surface area (Å²) in [7, 11) is 0. The normalized spacial score (nSPS) is 33.5. The van der Waals surface area contributed by atoms with Gasteiger partial charge in [0.1, 0.15) is 125 Å². The zero-order valence-electron chi connectivity index (χ0n) is 83.2. The molecule has 22 rings (SSSR count). The first-order valence-corrected chi connectivity index (χ1v) is 45.7. The molecule has 147 heavy (non-hydrogen) atoms. The van der Waals surface area contributed by atoms with Crippen LogP contribution < -0.4 is 10.6 Å². The van der Waals surface area contributed by atoms with E-state index >= 15 is 0 Å². The molecule has 2 amide bonds. The number of nitrogens with one attached hydrogen (secondary N) is 2. The second kappa shape index (κ2) is 54.3. The van der Waals surface area contributed by atoms with Crippen molar-refractivity contribution in [2.24, 2.45) is 0 Å². The Kier molecular flexibility index (Phi) is 43.6. The van der Waals surface area contributed by atoms with Gasteiger partial charge in [-0.25, -0.2) is 4.79 Å². The number of hydrogen-bond acceptors (Lipinski definition) is 55. The molecule has 35 atom stereocenters. The molecule has 21 aliphatic rings. The van der Waals surface area contributed by atoms with E-state index in [1.165, 1.54) is 0 Å². The Labute approximate surface area is 836 Å². The molecule has 1 aromatic carbocycles. The first-order chi connectivity index (χ1) is 69.2. The first-order valence-electron chi connectivity index (χ1n) is 45.7. The van der Waals surface area contributed by atoms with Crippen molar-refractivity contribution < 1.29 is 262 Å². The maximum absolute atomic E-state index is 14.4. The smallest absolute Gasteiger partial charge is 0.315 e. The van der Waals surface area contributed by atoms with Crippen LogP contribution in [0.3, 0.4) is 0 Å². The van der Waals surface area contributed by atoms with E-state index in [9.17, 15) is 101 Å². The van der Waals surface area contributed by atoms with Crippen molar-refractivity contribution in [1.82, 2.24) is 10.6 Å². The largest absolute Gasteiger partial charge is 0.463 e. The summed E-state index contributed by atoms with van der Waals surface area (Å²) in [6.07, 6.45) is -81.6. The van der Waals surface area contributed by atoms with Gasteiger partial charge in [0.2, 0.25) is 0 Å². The fraction of sp³-hybridized carbons (Fsp3) is 0.700. The number of carbonyl (C=O) groups is 21. The molecule has 2 N–H and O–H groups in total. The van der Waals surface area contributed by atoms with Gasteiger partial charge in [0.25, 0.3) is 0 Å². The Morgan fingerprint density at radius 1 is 0.190 bits per heavy atom. The number of hydrogen-bond donors (Lipinski definition) is 2. The minimum absolute atomic E-state index is 0.191. The summed E-state index contributed by atoms with van der Waals surface area (Å²) < 4.78 is 211. The molecule has 21 heterocycles. The van der Waals surface area contributed by atoms with Gasteiger partial charge in [0.15, 0.2) is 129 Å². The van der Waals surface area contributed by atoms with E-state index in [1.807, 2.05) is 0 Å². The molecule has 57 heteroatoms. The highest BCUT2D eigenvalue weighted by atomic mass is 16.8. The van der Waals surface area contributed by atoms with Crippen LogP contribution in [0.25, 0.3) is 0 Å². The van der Waals surface area contributed by atoms with Gasteiger partial charge < -0.3 is 172 Å². The fourth-order valence-corrected chi connectivity index (χ4v) is 16.8. The van der Waals surface area contributed by atoms with Crippen molar-refractivity contribution in [3.8, 4) is 0 Å². The first kappa shape index (κ1) is 118. The molecular formula is C90H118N2O55. The van der Waals surface area contributed by atoms with Crippen LogP contribution in [0.15, 0.2) is 30.3 Å². The standard InChI is InChI=1S/C90H118N2O55/c1-34(93)114-28-56-63-70(121-41(8)100)78(129-49(16)108)85(136-56)144-65-58(30-116-36(3)95)138-87(80(131-51(18)110)72(65)123-43(10)102)146-67-60(32-118-38(5)97)140-89(82(133-53(20)112)74(67)125-45(12)104)147-68-61(33-119-39(6)98)139-88(81(132-52(19)111)75(68)126-46(13)105)145-66-59(31-117-37(4)96)137-86(79(130-50(17)109)73(66)124-44(11)103)143-64-57(29-115-35(2)94)135-84(77(128-48(15)107)71(64)122-42(9)101)141-62-55(27-92-90(113)91-26-54-24-22-21-23-25-54)134-83(142-63)76(127-47(14)106)69(62)120-40(7)99/h21-25,55-89H,26-33H2,1-20H3,(H2,91,92,113). The Morgan fingerprint density at radius 2 is 0.340 bits per heavy atom. The summed E-state index contributed by atoms with van der Waals surface area (Å²) in [5.74, 6) is -25.1. The summed E-state index contributed by atoms with van der Waals surface area (Å²) in [4.78, 5) is 291. The molecule has 818 valence electrons. The quantitative estimate of drug-likeness (QED) is 0.0604. The Balaban J connectivity index is 1.39. The molecule has 0 saturated carbocycles. The number of urea groups is 1. The van der Waals surface area contributed by atoms with Crippen LogP contribution in [0.1, 0.15) is 144 Å². The average Bonchev–Trinajstić information content (AvgIpc) is 0.851. The van der Waals surface area contributed by atoms with Gasteiger partial charge in [-0.2, -0.15) is 0 Å². The van der Waals surface area contributed by atoms with Crippen molar-refractivity contribution >= 4 is 125 Å². The third kappa shape index (κ3) is 34.2. The van der Waals surface area contributed by atoms with Crippen LogP contribution in [-0.4, -0.2) is 387 Å². The van der Waals surface area contributed by atoms with Crippen LogP contribution in [0.4, 0.5) is 4.79 Å². The van der Waals surface area contributed by atoms with E-state index in [-0.39, 0.29) is 6.54 Å². The van der Waals surface area contributed by atoms with Crippen molar-refractivity contribution in [2.75, 3.05) is 46.2 Å². The second-order valence-corrected chi connectivity index (χ2v) is 33.9. The summed E-state index contributed by atoms with van der Waals surface area (Å²) in [6.45, 7) is 8.65. The third-order valence-electron chi connectivity index (χ3n) is 21.9. The molecule has 57 nitrogen and oxygen atoms in total. The number of benzene rings is 1. The average molecular weight is 2110 g/mol. The molecule has 21 saturated heterocycles. The summed E-state index contributed by atoms with van der Waals surface area (Å²) in [5.41, 5.74) is 0.532. The second-order valence-electron chi connectivity index (χ2n) is 33.9. The lowest BCUT2D eigenvalue weighted by Gasteiger charge is -2.52. The van der Waals surface area contributed by atoms with Gasteiger partial charge >= 0.3 is 125 Å². The van der Waals surface area contributed by atoms with Crippen LogP contribution >= 0.6 is 0 Å². The Morgan fingerprint density at radius 3 is 0.497 bits per heavy atom. The molecule has 0 spiro atoms. The predicted molar refractivity (Wildman–Crippen MR) is 459 cm³/mol. The maximum Gasteiger partial charge on any atom is 0.315 e. The zero-order chi connectivity index (χ0) is 109. The predicted octanol–water partition coefficient (Wildman–Crippen LogP) is -2.31. The van der Waals surface area contributed by atoms with Gasteiger partial charge in [0, 0.05) is 152 Å². The molecule has 21 fully saturated rings. The molecule has 0 radical (unpaired) electrons. The van der Waals surface area contributed by atoms with Crippen molar-refractivity contribution in [1.29, 1.82) is 0 Å². The van der Waals surface area contributed by atoms with Crippen molar-refractivity contribution in [3.63, 3.8) is 0 Å². The van der Waals surface area contributed by atoms with E-state index < -0.39 is 387 Å². The lowest BCUT2D eigenvalue weighted by Crippen LogP contribution is -2.70. The lowest BCUT2D eigenvalue weighted by molar-refractivity contribution is -0.396. The van der Waals surface area contributed by atoms with Crippen LogP contribution in [0.5, 0.6) is 0 Å². The summed E-state index contributed by atoms with van der Waals surface area (Å²) in [5, 5.41) is 5.20. The highest BCUT2D eigenvalue weighted by molar-refractivity contribution is 5.75. The van der Waals surface area contributed by atoms with Gasteiger partial charge in [0.05, 0.1) is 0 Å². The number of esters is 20. The van der Waals surface area contributed by atoms with Gasteiger partial charge in [-0.15, -0.1) is 0 Å². The summed E-state index contributed by atoms with van der Waals surface area (Å²) in [6, 6.07) is 7.21. The van der Waals surface area contributed by atoms with E-state index in [2.05, 4.69) is 10.6 Å². The topological polar surface area (TPSA) is 696 Å². The molecule has 0 aromatic heterocycles. The van der Waals surface area contributed by atoms with Crippen molar-refractivity contribution in [2.45, 2.75) is 360 Å². The van der Waals surface area contributed by atoms with E-state index in [4.69, 9.17) is 161 Å². The minimum Gasteiger partial charge on any atom is -0.463 e. The van der Waals surface area contributed by atoms with E-state index in [1.54, 1.807) is 30.3 Å². The highest BCUT2D eigenvalue weighted by Gasteiger charge is 2.66. The van der Waals surface area contributed by atoms with Crippen molar-refractivity contribution in [3.05, 3.63) is 35.9 Å². The summed E-state index contributed by atoms with van der Waals surface area (Å²) >= 11 is 0. The van der Waals surface area contributed by atoms with Crippen LogP contribution in [0, 0.1) is 0 Å². The molecule has 21 aliphatic heterocycles. The van der Waals surface area contributed by atoms with E-state index in [0.29, 0.717) is 5.56 Å².